The Morgan fingerprint density at radius 2 is 0.590 bits per heavy atom. The van der Waals surface area contributed by atoms with Crippen molar-refractivity contribution in [1.82, 2.24) is 13.7 Å². The first-order valence-electron chi connectivity index (χ1n) is 10.6. The molecular formula is C24H12F9N3O3. The topological polar surface area (TPSA) is 66.0 Å². The lowest BCUT2D eigenvalue weighted by Crippen LogP contribution is -2.53. The Morgan fingerprint density at radius 3 is 0.795 bits per heavy atom. The highest BCUT2D eigenvalue weighted by Crippen LogP contribution is 2.35. The van der Waals surface area contributed by atoms with Crippen molar-refractivity contribution in [3.8, 4) is 17.1 Å². The summed E-state index contributed by atoms with van der Waals surface area (Å²) in [5.41, 5.74) is -14.4. The van der Waals surface area contributed by atoms with Crippen LogP contribution in [0.4, 0.5) is 39.5 Å². The van der Waals surface area contributed by atoms with Crippen LogP contribution in [-0.4, -0.2) is 13.7 Å². The maximum Gasteiger partial charge on any atom is 0.418 e. The predicted molar refractivity (Wildman–Crippen MR) is 118 cm³/mol. The second kappa shape index (κ2) is 9.32. The van der Waals surface area contributed by atoms with Gasteiger partial charge < -0.3 is 0 Å². The van der Waals surface area contributed by atoms with Crippen molar-refractivity contribution in [3.05, 3.63) is 121 Å². The van der Waals surface area contributed by atoms with Gasteiger partial charge in [-0.15, -0.1) is 0 Å². The third-order valence-electron chi connectivity index (χ3n) is 5.50. The lowest BCUT2D eigenvalue weighted by atomic mass is 10.1. The van der Waals surface area contributed by atoms with Gasteiger partial charge in [0.15, 0.2) is 0 Å². The Hall–Kier alpha value is -4.56. The molecule has 1 heterocycles. The normalized spacial score (nSPS) is 12.5. The van der Waals surface area contributed by atoms with Gasteiger partial charge in [-0.2, -0.15) is 39.5 Å². The van der Waals surface area contributed by atoms with Crippen LogP contribution in [0.2, 0.25) is 0 Å². The number of aromatic nitrogens is 3. The molecule has 0 amide bonds. The molecule has 3 aromatic carbocycles. The average molecular weight is 561 g/mol. The molecule has 0 unspecified atom stereocenters. The van der Waals surface area contributed by atoms with Crippen molar-refractivity contribution < 1.29 is 39.5 Å². The van der Waals surface area contributed by atoms with Gasteiger partial charge in [0, 0.05) is 0 Å². The average Bonchev–Trinajstić information content (AvgIpc) is 2.83. The van der Waals surface area contributed by atoms with Crippen molar-refractivity contribution in [3.63, 3.8) is 0 Å². The van der Waals surface area contributed by atoms with E-state index in [0.717, 1.165) is 36.4 Å². The smallest absolute Gasteiger partial charge is 0.246 e. The van der Waals surface area contributed by atoms with Gasteiger partial charge in [0.1, 0.15) is 0 Å². The van der Waals surface area contributed by atoms with Crippen LogP contribution in [0.3, 0.4) is 0 Å². The summed E-state index contributed by atoms with van der Waals surface area (Å²) in [4.78, 5) is 40.2. The molecule has 1 aromatic heterocycles. The van der Waals surface area contributed by atoms with Crippen LogP contribution in [0.25, 0.3) is 17.1 Å². The Labute approximate surface area is 210 Å². The Bertz CT molecular complexity index is 1510. The standard InChI is InChI=1S/C24H12F9N3O3/c25-22(26,27)13-7-1-4-10-16(13)34-19(37)35(17-11-5-2-8-14(17)23(28,29)30)21(39)36(20(34)38)18-12-6-3-9-15(18)24(31,32)33/h1-12H. The molecule has 0 fully saturated rings. The van der Waals surface area contributed by atoms with Gasteiger partial charge in [-0.3, -0.25) is 0 Å². The molecule has 0 spiro atoms. The quantitative estimate of drug-likeness (QED) is 0.324. The van der Waals surface area contributed by atoms with Gasteiger partial charge in [-0.05, 0) is 36.4 Å². The van der Waals surface area contributed by atoms with E-state index in [-0.39, 0.29) is 13.7 Å². The molecule has 0 bridgehead atoms. The monoisotopic (exact) mass is 561 g/mol. The van der Waals surface area contributed by atoms with Crippen molar-refractivity contribution in [1.29, 1.82) is 0 Å². The van der Waals surface area contributed by atoms with Gasteiger partial charge in [0.05, 0.1) is 33.8 Å². The van der Waals surface area contributed by atoms with Crippen molar-refractivity contribution in [2.75, 3.05) is 0 Å². The van der Waals surface area contributed by atoms with E-state index in [0.29, 0.717) is 36.4 Å². The molecule has 0 radical (unpaired) electrons. The second-order valence-electron chi connectivity index (χ2n) is 7.90. The third kappa shape index (κ3) is 4.86. The Balaban J connectivity index is 2.30. The molecule has 4 aromatic rings. The molecule has 0 aliphatic carbocycles. The zero-order valence-corrected chi connectivity index (χ0v) is 18.9. The van der Waals surface area contributed by atoms with Gasteiger partial charge in [0.2, 0.25) is 0 Å². The summed E-state index contributed by atoms with van der Waals surface area (Å²) in [6.07, 6.45) is -15.7. The number of hydrogen-bond acceptors (Lipinski definition) is 3. The van der Waals surface area contributed by atoms with E-state index < -0.39 is 69.4 Å². The summed E-state index contributed by atoms with van der Waals surface area (Å²) in [7, 11) is 0. The lowest BCUT2D eigenvalue weighted by Gasteiger charge is -2.20. The van der Waals surface area contributed by atoms with E-state index in [9.17, 15) is 53.9 Å². The molecular weight excluding hydrogens is 549 g/mol. The van der Waals surface area contributed by atoms with E-state index in [1.807, 2.05) is 0 Å². The highest BCUT2D eigenvalue weighted by molar-refractivity contribution is 5.48. The van der Waals surface area contributed by atoms with E-state index in [1.165, 1.54) is 0 Å². The van der Waals surface area contributed by atoms with Crippen molar-refractivity contribution in [2.24, 2.45) is 0 Å². The van der Waals surface area contributed by atoms with Gasteiger partial charge >= 0.3 is 35.6 Å². The summed E-state index contributed by atoms with van der Waals surface area (Å²) < 4.78 is 123. The molecule has 204 valence electrons. The van der Waals surface area contributed by atoms with Crippen LogP contribution in [0.15, 0.2) is 87.2 Å². The fraction of sp³-hybridized carbons (Fsp3) is 0.125. The maximum absolute atomic E-state index is 13.8. The molecule has 0 aliphatic heterocycles. The van der Waals surface area contributed by atoms with Crippen LogP contribution >= 0.6 is 0 Å². The number of hydrogen-bond donors (Lipinski definition) is 0. The van der Waals surface area contributed by atoms with E-state index in [2.05, 4.69) is 0 Å². The zero-order valence-electron chi connectivity index (χ0n) is 18.9. The minimum atomic E-state index is -5.22. The minimum absolute atomic E-state index is 0.301. The fourth-order valence-corrected chi connectivity index (χ4v) is 3.89. The van der Waals surface area contributed by atoms with Gasteiger partial charge in [0.25, 0.3) is 0 Å². The van der Waals surface area contributed by atoms with E-state index in [1.54, 1.807) is 0 Å². The SMILES string of the molecule is O=c1n(-c2ccccc2C(F)(F)F)c(=O)n(-c2ccccc2C(F)(F)F)c(=O)n1-c1ccccc1C(F)(F)F. The highest BCUT2D eigenvalue weighted by Gasteiger charge is 2.39. The molecule has 4 rings (SSSR count). The van der Waals surface area contributed by atoms with E-state index >= 15 is 0 Å². The first-order chi connectivity index (χ1) is 18.0. The number of benzene rings is 3. The summed E-state index contributed by atoms with van der Waals surface area (Å²) >= 11 is 0. The number of para-hydroxylation sites is 3. The molecule has 0 saturated heterocycles. The molecule has 0 aliphatic rings. The summed E-state index contributed by atoms with van der Waals surface area (Å²) in [5, 5.41) is 0. The predicted octanol–water partition coefficient (Wildman–Crippen LogP) is 5.20. The summed E-state index contributed by atoms with van der Waals surface area (Å²) in [6, 6.07) is 8.62. The molecule has 15 heteroatoms. The number of rotatable bonds is 3. The van der Waals surface area contributed by atoms with Gasteiger partial charge in [-0.25, -0.2) is 28.1 Å². The number of halogens is 9. The highest BCUT2D eigenvalue weighted by atomic mass is 19.4. The number of alkyl halides is 9. The van der Waals surface area contributed by atoms with Crippen LogP contribution in [-0.2, 0) is 18.5 Å². The molecule has 0 saturated carbocycles. The minimum Gasteiger partial charge on any atom is -0.246 e. The van der Waals surface area contributed by atoms with Gasteiger partial charge in [-0.1, -0.05) is 36.4 Å². The molecule has 6 nitrogen and oxygen atoms in total. The second-order valence-corrected chi connectivity index (χ2v) is 7.90. The maximum atomic E-state index is 13.8. The summed E-state index contributed by atoms with van der Waals surface area (Å²) in [6.45, 7) is 0. The number of nitrogens with zero attached hydrogens (tertiary/aromatic N) is 3. The Kier molecular flexibility index (Phi) is 6.57. The van der Waals surface area contributed by atoms with Crippen molar-refractivity contribution >= 4 is 0 Å². The first kappa shape index (κ1) is 27.5. The van der Waals surface area contributed by atoms with E-state index in [4.69, 9.17) is 0 Å². The first-order valence-corrected chi connectivity index (χ1v) is 10.6. The lowest BCUT2D eigenvalue weighted by molar-refractivity contribution is -0.138. The van der Waals surface area contributed by atoms with Crippen LogP contribution < -0.4 is 17.1 Å². The Morgan fingerprint density at radius 1 is 0.385 bits per heavy atom. The zero-order chi connectivity index (χ0) is 28.9. The molecule has 39 heavy (non-hydrogen) atoms. The fourth-order valence-electron chi connectivity index (χ4n) is 3.89. The van der Waals surface area contributed by atoms with Crippen molar-refractivity contribution in [2.45, 2.75) is 18.5 Å². The molecule has 0 atom stereocenters. The molecule has 0 N–H and O–H groups in total. The van der Waals surface area contributed by atoms with Crippen LogP contribution in [0, 0.1) is 0 Å². The van der Waals surface area contributed by atoms with Crippen LogP contribution in [0.1, 0.15) is 16.7 Å². The summed E-state index contributed by atoms with van der Waals surface area (Å²) in [5.74, 6) is 0. The van der Waals surface area contributed by atoms with Crippen LogP contribution in [0.5, 0.6) is 0 Å². The largest absolute Gasteiger partial charge is 0.418 e. The third-order valence-corrected chi connectivity index (χ3v) is 5.50.